The highest BCUT2D eigenvalue weighted by Crippen LogP contribution is 2.28. The molecule has 0 aliphatic rings. The zero-order valence-corrected chi connectivity index (χ0v) is 15.4. The number of benzene rings is 1. The van der Waals surface area contributed by atoms with Crippen LogP contribution in [0, 0.1) is 0 Å². The quantitative estimate of drug-likeness (QED) is 0.622. The minimum absolute atomic E-state index is 0.00435. The Kier molecular flexibility index (Phi) is 7.31. The van der Waals surface area contributed by atoms with Gasteiger partial charge in [0.05, 0.1) is 13.2 Å². The Labute approximate surface area is 153 Å². The summed E-state index contributed by atoms with van der Waals surface area (Å²) in [7, 11) is 3.29. The van der Waals surface area contributed by atoms with Crippen LogP contribution in [0.1, 0.15) is 17.3 Å². The summed E-state index contributed by atoms with van der Waals surface area (Å²) in [4.78, 5) is 22.1. The summed E-state index contributed by atoms with van der Waals surface area (Å²) in [5, 5.41) is 3.16. The van der Waals surface area contributed by atoms with Crippen LogP contribution in [0.3, 0.4) is 0 Å². The molecule has 3 N–H and O–H groups in total. The molecule has 0 bridgehead atoms. The largest absolute Gasteiger partial charge is 0.393 e. The van der Waals surface area contributed by atoms with Crippen LogP contribution in [-0.4, -0.2) is 56.3 Å². The van der Waals surface area contributed by atoms with Crippen LogP contribution in [0.25, 0.3) is 0 Å². The van der Waals surface area contributed by atoms with Crippen LogP contribution in [0.4, 0.5) is 23.0 Å². The Morgan fingerprint density at radius 2 is 1.88 bits per heavy atom. The second-order valence-corrected chi connectivity index (χ2v) is 5.69. The highest BCUT2D eigenvalue weighted by Gasteiger charge is 2.15. The molecule has 1 heterocycles. The molecule has 0 radical (unpaired) electrons. The molecule has 0 aliphatic carbocycles. The number of ether oxygens (including phenoxy) is 2. The lowest BCUT2D eigenvalue weighted by molar-refractivity contribution is 0.101. The molecular weight excluding hydrogens is 334 g/mol. The first kappa shape index (κ1) is 19.6. The molecule has 8 heteroatoms. The van der Waals surface area contributed by atoms with E-state index < -0.39 is 0 Å². The molecule has 2 aromatic rings. The molecule has 8 nitrogen and oxygen atoms in total. The monoisotopic (exact) mass is 359 g/mol. The lowest BCUT2D eigenvalue weighted by Crippen LogP contribution is -2.32. The fourth-order valence-corrected chi connectivity index (χ4v) is 2.42. The molecule has 0 fully saturated rings. The predicted octanol–water partition coefficient (Wildman–Crippen LogP) is 2.10. The zero-order chi connectivity index (χ0) is 18.9. The van der Waals surface area contributed by atoms with Gasteiger partial charge in [0.2, 0.25) is 0 Å². The molecular formula is C18H25N5O3. The van der Waals surface area contributed by atoms with Crippen LogP contribution < -0.4 is 16.0 Å². The van der Waals surface area contributed by atoms with Gasteiger partial charge in [-0.3, -0.25) is 4.79 Å². The fraction of sp³-hybridized carbons (Fsp3) is 0.389. The maximum absolute atomic E-state index is 11.6. The number of rotatable bonds is 10. The number of nitrogens with zero attached hydrogens (tertiary/aromatic N) is 3. The van der Waals surface area contributed by atoms with E-state index in [0.717, 1.165) is 5.69 Å². The van der Waals surface area contributed by atoms with Crippen molar-refractivity contribution < 1.29 is 14.3 Å². The maximum Gasteiger partial charge on any atom is 0.159 e. The van der Waals surface area contributed by atoms with Crippen molar-refractivity contribution in [2.24, 2.45) is 0 Å². The van der Waals surface area contributed by atoms with E-state index in [4.69, 9.17) is 15.2 Å². The third-order valence-electron chi connectivity index (χ3n) is 3.82. The standard InChI is InChI=1S/C18H25N5O3/c1-13(24)14-5-4-6-15(11-14)22-17-16(19)18(21-12-20-17)23(7-9-25-2)8-10-26-3/h4-6,11-12H,7-10,19H2,1-3H3,(H,20,21,22). The van der Waals surface area contributed by atoms with E-state index in [-0.39, 0.29) is 5.78 Å². The van der Waals surface area contributed by atoms with E-state index in [0.29, 0.717) is 49.2 Å². The minimum atomic E-state index is -0.00435. The summed E-state index contributed by atoms with van der Waals surface area (Å²) in [5.74, 6) is 1.09. The predicted molar refractivity (Wildman–Crippen MR) is 102 cm³/mol. The second kappa shape index (κ2) is 9.69. The van der Waals surface area contributed by atoms with Crippen molar-refractivity contribution in [3.8, 4) is 0 Å². The van der Waals surface area contributed by atoms with Gasteiger partial charge in [0.25, 0.3) is 0 Å². The van der Waals surface area contributed by atoms with Gasteiger partial charge in [-0.05, 0) is 19.1 Å². The maximum atomic E-state index is 11.6. The van der Waals surface area contributed by atoms with Crippen molar-refractivity contribution >= 4 is 28.8 Å². The molecule has 1 aromatic heterocycles. The number of nitrogens with one attached hydrogen (secondary N) is 1. The first-order valence-electron chi connectivity index (χ1n) is 8.28. The number of ketones is 1. The summed E-state index contributed by atoms with van der Waals surface area (Å²) in [6.07, 6.45) is 1.45. The van der Waals surface area contributed by atoms with Gasteiger partial charge in [0.15, 0.2) is 17.4 Å². The van der Waals surface area contributed by atoms with Crippen LogP contribution >= 0.6 is 0 Å². The Hall–Kier alpha value is -2.71. The smallest absolute Gasteiger partial charge is 0.159 e. The molecule has 0 saturated carbocycles. The van der Waals surface area contributed by atoms with Gasteiger partial charge in [-0.15, -0.1) is 0 Å². The molecule has 0 amide bonds. The number of methoxy groups -OCH3 is 2. The Balaban J connectivity index is 2.26. The minimum Gasteiger partial charge on any atom is -0.393 e. The van der Waals surface area contributed by atoms with Gasteiger partial charge in [0.1, 0.15) is 12.0 Å². The summed E-state index contributed by atoms with van der Waals surface area (Å²) in [5.41, 5.74) is 8.07. The van der Waals surface area contributed by atoms with E-state index in [9.17, 15) is 4.79 Å². The zero-order valence-electron chi connectivity index (χ0n) is 15.4. The highest BCUT2D eigenvalue weighted by molar-refractivity contribution is 5.95. The Morgan fingerprint density at radius 3 is 2.50 bits per heavy atom. The molecule has 26 heavy (non-hydrogen) atoms. The average Bonchev–Trinajstić information content (AvgIpc) is 2.64. The number of nitrogen functional groups attached to an aromatic ring is 1. The highest BCUT2D eigenvalue weighted by atomic mass is 16.5. The van der Waals surface area contributed by atoms with Crippen molar-refractivity contribution in [1.82, 2.24) is 9.97 Å². The van der Waals surface area contributed by atoms with Gasteiger partial charge >= 0.3 is 0 Å². The normalized spacial score (nSPS) is 10.6. The number of aromatic nitrogens is 2. The van der Waals surface area contributed by atoms with Crippen LogP contribution in [0.5, 0.6) is 0 Å². The molecule has 0 saturated heterocycles. The number of hydrogen-bond acceptors (Lipinski definition) is 8. The Morgan fingerprint density at radius 1 is 1.19 bits per heavy atom. The average molecular weight is 359 g/mol. The van der Waals surface area contributed by atoms with E-state index in [1.165, 1.54) is 13.3 Å². The van der Waals surface area contributed by atoms with Gasteiger partial charge in [-0.1, -0.05) is 12.1 Å². The van der Waals surface area contributed by atoms with Crippen molar-refractivity contribution in [3.05, 3.63) is 36.2 Å². The molecule has 140 valence electrons. The first-order valence-corrected chi connectivity index (χ1v) is 8.28. The number of hydrogen-bond donors (Lipinski definition) is 2. The molecule has 2 rings (SSSR count). The van der Waals surface area contributed by atoms with Gasteiger partial charge in [-0.2, -0.15) is 0 Å². The van der Waals surface area contributed by atoms with Crippen molar-refractivity contribution in [3.63, 3.8) is 0 Å². The molecule has 0 unspecified atom stereocenters. The van der Waals surface area contributed by atoms with Crippen LogP contribution in [0.15, 0.2) is 30.6 Å². The number of anilines is 4. The number of carbonyl (C=O) groups is 1. The van der Waals surface area contributed by atoms with Crippen LogP contribution in [-0.2, 0) is 9.47 Å². The van der Waals surface area contributed by atoms with E-state index in [1.807, 2.05) is 11.0 Å². The number of nitrogens with two attached hydrogens (primary N) is 1. The van der Waals surface area contributed by atoms with Crippen molar-refractivity contribution in [1.29, 1.82) is 0 Å². The molecule has 0 atom stereocenters. The fourth-order valence-electron chi connectivity index (χ4n) is 2.42. The topological polar surface area (TPSA) is 103 Å². The van der Waals surface area contributed by atoms with E-state index in [2.05, 4.69) is 15.3 Å². The summed E-state index contributed by atoms with van der Waals surface area (Å²) < 4.78 is 10.3. The summed E-state index contributed by atoms with van der Waals surface area (Å²) in [6.45, 7) is 3.85. The molecule has 1 aromatic carbocycles. The number of Topliss-reactive ketones (excluding diaryl/α,β-unsaturated/α-hetero) is 1. The third kappa shape index (κ3) is 5.14. The van der Waals surface area contributed by atoms with E-state index >= 15 is 0 Å². The summed E-state index contributed by atoms with van der Waals surface area (Å²) in [6, 6.07) is 7.18. The Bertz CT molecular complexity index is 731. The number of carbonyl (C=O) groups excluding carboxylic acids is 1. The molecule has 0 spiro atoms. The molecule has 0 aliphatic heterocycles. The third-order valence-corrected chi connectivity index (χ3v) is 3.82. The summed E-state index contributed by atoms with van der Waals surface area (Å²) >= 11 is 0. The van der Waals surface area contributed by atoms with E-state index in [1.54, 1.807) is 32.4 Å². The van der Waals surface area contributed by atoms with Crippen LogP contribution in [0.2, 0.25) is 0 Å². The first-order chi connectivity index (χ1) is 12.6. The second-order valence-electron chi connectivity index (χ2n) is 5.69. The van der Waals surface area contributed by atoms with Gasteiger partial charge < -0.3 is 25.4 Å². The van der Waals surface area contributed by atoms with Crippen molar-refractivity contribution in [2.75, 3.05) is 56.5 Å². The SMILES string of the molecule is COCCN(CCOC)c1ncnc(Nc2cccc(C(C)=O)c2)c1N. The van der Waals surface area contributed by atoms with Gasteiger partial charge in [-0.25, -0.2) is 9.97 Å². The lowest BCUT2D eigenvalue weighted by Gasteiger charge is -2.25. The lowest BCUT2D eigenvalue weighted by atomic mass is 10.1. The van der Waals surface area contributed by atoms with Crippen molar-refractivity contribution in [2.45, 2.75) is 6.92 Å². The van der Waals surface area contributed by atoms with Gasteiger partial charge in [0, 0.05) is 38.6 Å².